The maximum atomic E-state index is 5.90. The molecule has 78 valence electrons. The van der Waals surface area contributed by atoms with Crippen molar-refractivity contribution in [3.63, 3.8) is 0 Å². The van der Waals surface area contributed by atoms with E-state index in [0.717, 1.165) is 21.3 Å². The first kappa shape index (κ1) is 10.6. The fourth-order valence-corrected chi connectivity index (χ4v) is 2.42. The standard InChI is InChI=1S/C11H11ClN2S/c1-13-5-8-4-9(7-14-6-8)10-2-3-11(12)15-10/h2-4,6-7,13H,5H2,1H3. The highest BCUT2D eigenvalue weighted by atomic mass is 35.5. The van der Waals surface area contributed by atoms with Gasteiger partial charge in [0.05, 0.1) is 4.34 Å². The molecule has 0 atom stereocenters. The van der Waals surface area contributed by atoms with Gasteiger partial charge in [-0.1, -0.05) is 11.6 Å². The van der Waals surface area contributed by atoms with E-state index in [0.29, 0.717) is 0 Å². The van der Waals surface area contributed by atoms with E-state index in [-0.39, 0.29) is 0 Å². The molecule has 2 rings (SSSR count). The molecule has 2 aromatic heterocycles. The minimum atomic E-state index is 0.809. The van der Waals surface area contributed by atoms with E-state index in [1.165, 1.54) is 5.56 Å². The van der Waals surface area contributed by atoms with Crippen LogP contribution in [0, 0.1) is 0 Å². The molecule has 0 aliphatic rings. The summed E-state index contributed by atoms with van der Waals surface area (Å²) in [5, 5.41) is 3.11. The van der Waals surface area contributed by atoms with Crippen molar-refractivity contribution in [2.45, 2.75) is 6.54 Å². The molecule has 1 N–H and O–H groups in total. The summed E-state index contributed by atoms with van der Waals surface area (Å²) in [7, 11) is 1.93. The molecule has 0 aliphatic heterocycles. The molecular formula is C11H11ClN2S. The van der Waals surface area contributed by atoms with E-state index in [1.807, 2.05) is 31.6 Å². The number of nitrogens with zero attached hydrogens (tertiary/aromatic N) is 1. The minimum Gasteiger partial charge on any atom is -0.316 e. The molecule has 0 saturated heterocycles. The van der Waals surface area contributed by atoms with E-state index < -0.39 is 0 Å². The van der Waals surface area contributed by atoms with Crippen LogP contribution in [0.4, 0.5) is 0 Å². The van der Waals surface area contributed by atoms with E-state index >= 15 is 0 Å². The summed E-state index contributed by atoms with van der Waals surface area (Å²) in [6.45, 7) is 0.833. The zero-order valence-corrected chi connectivity index (χ0v) is 9.90. The molecule has 0 spiro atoms. The van der Waals surface area contributed by atoms with Crippen LogP contribution in [-0.4, -0.2) is 12.0 Å². The van der Waals surface area contributed by atoms with Gasteiger partial charge in [0.2, 0.25) is 0 Å². The van der Waals surface area contributed by atoms with Gasteiger partial charge in [0.25, 0.3) is 0 Å². The summed E-state index contributed by atoms with van der Waals surface area (Å²) in [6, 6.07) is 6.06. The summed E-state index contributed by atoms with van der Waals surface area (Å²) >= 11 is 7.47. The monoisotopic (exact) mass is 238 g/mol. The first-order chi connectivity index (χ1) is 7.29. The average Bonchev–Trinajstić information content (AvgIpc) is 2.66. The Balaban J connectivity index is 2.32. The van der Waals surface area contributed by atoms with Crippen molar-refractivity contribution in [3.8, 4) is 10.4 Å². The molecule has 4 heteroatoms. The van der Waals surface area contributed by atoms with Crippen LogP contribution in [0.2, 0.25) is 4.34 Å². The lowest BCUT2D eigenvalue weighted by Gasteiger charge is -2.01. The molecule has 0 aliphatic carbocycles. The first-order valence-electron chi connectivity index (χ1n) is 4.64. The Morgan fingerprint density at radius 3 is 2.93 bits per heavy atom. The molecule has 2 heterocycles. The smallest absolute Gasteiger partial charge is 0.0934 e. The number of nitrogens with one attached hydrogen (secondary N) is 1. The van der Waals surface area contributed by atoms with Crippen molar-refractivity contribution in [1.82, 2.24) is 10.3 Å². The molecule has 0 unspecified atom stereocenters. The third kappa shape index (κ3) is 2.56. The van der Waals surface area contributed by atoms with Crippen LogP contribution < -0.4 is 5.32 Å². The Bertz CT molecular complexity index is 453. The van der Waals surface area contributed by atoms with Gasteiger partial charge in [-0.2, -0.15) is 0 Å². The topological polar surface area (TPSA) is 24.9 Å². The zero-order chi connectivity index (χ0) is 10.7. The molecule has 0 amide bonds. The lowest BCUT2D eigenvalue weighted by Crippen LogP contribution is -2.05. The quantitative estimate of drug-likeness (QED) is 0.889. The molecule has 2 nitrogen and oxygen atoms in total. The van der Waals surface area contributed by atoms with Gasteiger partial charge in [-0.3, -0.25) is 4.98 Å². The zero-order valence-electron chi connectivity index (χ0n) is 8.33. The molecule has 0 bridgehead atoms. The Labute approximate surface area is 97.9 Å². The van der Waals surface area contributed by atoms with Gasteiger partial charge in [-0.25, -0.2) is 0 Å². The van der Waals surface area contributed by atoms with Crippen LogP contribution in [0.15, 0.2) is 30.6 Å². The second-order valence-electron chi connectivity index (χ2n) is 3.22. The molecule has 2 aromatic rings. The minimum absolute atomic E-state index is 0.809. The van der Waals surface area contributed by atoms with Crippen molar-refractivity contribution < 1.29 is 0 Å². The Kier molecular flexibility index (Phi) is 3.36. The Morgan fingerprint density at radius 2 is 2.27 bits per heavy atom. The van der Waals surface area contributed by atoms with Crippen LogP contribution in [0.1, 0.15) is 5.56 Å². The number of halogens is 1. The number of thiophene rings is 1. The summed E-state index contributed by atoms with van der Waals surface area (Å²) in [6.07, 6.45) is 3.73. The maximum absolute atomic E-state index is 5.90. The third-order valence-electron chi connectivity index (χ3n) is 2.03. The SMILES string of the molecule is CNCc1cncc(-c2ccc(Cl)s2)c1. The molecule has 15 heavy (non-hydrogen) atoms. The largest absolute Gasteiger partial charge is 0.316 e. The van der Waals surface area contributed by atoms with Crippen molar-refractivity contribution in [3.05, 3.63) is 40.5 Å². The van der Waals surface area contributed by atoms with Crippen LogP contribution in [0.5, 0.6) is 0 Å². The number of hydrogen-bond acceptors (Lipinski definition) is 3. The van der Waals surface area contributed by atoms with Gasteiger partial charge in [0.1, 0.15) is 0 Å². The molecular weight excluding hydrogens is 228 g/mol. The van der Waals surface area contributed by atoms with Crippen LogP contribution in [0.3, 0.4) is 0 Å². The van der Waals surface area contributed by atoms with E-state index in [9.17, 15) is 0 Å². The summed E-state index contributed by atoms with van der Waals surface area (Å²) in [5.74, 6) is 0. The molecule has 0 radical (unpaired) electrons. The van der Waals surface area contributed by atoms with E-state index in [2.05, 4.69) is 16.4 Å². The van der Waals surface area contributed by atoms with Gasteiger partial charge >= 0.3 is 0 Å². The van der Waals surface area contributed by atoms with Crippen LogP contribution in [-0.2, 0) is 6.54 Å². The molecule has 0 aromatic carbocycles. The van der Waals surface area contributed by atoms with Crippen LogP contribution >= 0.6 is 22.9 Å². The number of rotatable bonds is 3. The van der Waals surface area contributed by atoms with Crippen molar-refractivity contribution in [1.29, 1.82) is 0 Å². The lowest BCUT2D eigenvalue weighted by atomic mass is 10.2. The second-order valence-corrected chi connectivity index (χ2v) is 4.93. The lowest BCUT2D eigenvalue weighted by molar-refractivity contribution is 0.814. The van der Waals surface area contributed by atoms with Gasteiger partial charge in [0.15, 0.2) is 0 Å². The van der Waals surface area contributed by atoms with Crippen molar-refractivity contribution in [2.24, 2.45) is 0 Å². The highest BCUT2D eigenvalue weighted by molar-refractivity contribution is 7.19. The van der Waals surface area contributed by atoms with Crippen molar-refractivity contribution in [2.75, 3.05) is 7.05 Å². The predicted molar refractivity (Wildman–Crippen MR) is 65.3 cm³/mol. The van der Waals surface area contributed by atoms with Gasteiger partial charge in [-0.15, -0.1) is 11.3 Å². The normalized spacial score (nSPS) is 10.5. The number of aromatic nitrogens is 1. The maximum Gasteiger partial charge on any atom is 0.0934 e. The predicted octanol–water partition coefficient (Wildman–Crippen LogP) is 3.18. The number of hydrogen-bond donors (Lipinski definition) is 1. The first-order valence-corrected chi connectivity index (χ1v) is 5.83. The van der Waals surface area contributed by atoms with Gasteiger partial charge in [0, 0.05) is 29.4 Å². The van der Waals surface area contributed by atoms with Gasteiger partial charge in [-0.05, 0) is 30.8 Å². The highest BCUT2D eigenvalue weighted by Crippen LogP contribution is 2.30. The second kappa shape index (κ2) is 4.75. The summed E-state index contributed by atoms with van der Waals surface area (Å²) in [5.41, 5.74) is 2.30. The molecule has 0 saturated carbocycles. The van der Waals surface area contributed by atoms with Crippen molar-refractivity contribution >= 4 is 22.9 Å². The van der Waals surface area contributed by atoms with Gasteiger partial charge < -0.3 is 5.32 Å². The fraction of sp³-hybridized carbons (Fsp3) is 0.182. The highest BCUT2D eigenvalue weighted by Gasteiger charge is 2.02. The Morgan fingerprint density at radius 1 is 1.40 bits per heavy atom. The van der Waals surface area contributed by atoms with Crippen LogP contribution in [0.25, 0.3) is 10.4 Å². The molecule has 0 fully saturated rings. The average molecular weight is 239 g/mol. The summed E-state index contributed by atoms with van der Waals surface area (Å²) < 4.78 is 0.809. The number of pyridine rings is 1. The van der Waals surface area contributed by atoms with E-state index in [1.54, 1.807) is 11.3 Å². The van der Waals surface area contributed by atoms with E-state index in [4.69, 9.17) is 11.6 Å². The summed E-state index contributed by atoms with van der Waals surface area (Å²) in [4.78, 5) is 5.37. The Hall–Kier alpha value is -0.900. The fourth-order valence-electron chi connectivity index (χ4n) is 1.39. The third-order valence-corrected chi connectivity index (χ3v) is 3.31.